The summed E-state index contributed by atoms with van der Waals surface area (Å²) in [4.78, 5) is 2.19. The Kier molecular flexibility index (Phi) is 3.92. The second kappa shape index (κ2) is 5.68. The molecule has 1 aromatic rings. The molecule has 2 nitrogen and oxygen atoms in total. The van der Waals surface area contributed by atoms with Gasteiger partial charge >= 0.3 is 0 Å². The Morgan fingerprint density at radius 3 is 2.75 bits per heavy atom. The lowest BCUT2D eigenvalue weighted by atomic mass is 9.95. The van der Waals surface area contributed by atoms with E-state index in [4.69, 9.17) is 4.74 Å². The average Bonchev–Trinajstić information content (AvgIpc) is 2.63. The molecule has 110 valence electrons. The largest absolute Gasteiger partial charge is 0.493 e. The number of piperidine rings is 1. The van der Waals surface area contributed by atoms with E-state index in [0.29, 0.717) is 19.0 Å². The molecule has 0 amide bonds. The summed E-state index contributed by atoms with van der Waals surface area (Å²) in [7, 11) is 0. The molecule has 1 aromatic carbocycles. The van der Waals surface area contributed by atoms with Gasteiger partial charge in [-0.15, -0.1) is 0 Å². The van der Waals surface area contributed by atoms with E-state index < -0.39 is 5.92 Å². The number of fused-ring (bicyclic) bond motifs is 1. The molecule has 0 aliphatic carbocycles. The molecule has 1 saturated heterocycles. The summed E-state index contributed by atoms with van der Waals surface area (Å²) in [5.74, 6) is -0.957. The fraction of sp³-hybridized carbons (Fsp3) is 0.625. The Bertz CT molecular complexity index is 454. The summed E-state index contributed by atoms with van der Waals surface area (Å²) in [5.41, 5.74) is 1.25. The highest BCUT2D eigenvalue weighted by atomic mass is 19.3. The summed E-state index contributed by atoms with van der Waals surface area (Å²) in [6.07, 6.45) is 2.00. The summed E-state index contributed by atoms with van der Waals surface area (Å²) >= 11 is 0. The van der Waals surface area contributed by atoms with Crippen molar-refractivity contribution >= 4 is 0 Å². The number of rotatable bonds is 2. The predicted molar refractivity (Wildman–Crippen MR) is 74.4 cm³/mol. The standard InChI is InChI=1S/C16H21F2NO/c17-16(18)6-8-19(9-7-16)12-13-5-10-20-15-4-2-1-3-14(15)11-13/h1-4,13H,5-12H2/t13-/m0/s1. The Morgan fingerprint density at radius 1 is 1.20 bits per heavy atom. The van der Waals surface area contributed by atoms with Gasteiger partial charge in [0.25, 0.3) is 5.92 Å². The number of halogens is 2. The van der Waals surface area contributed by atoms with Gasteiger partial charge in [0.15, 0.2) is 0 Å². The fourth-order valence-corrected chi connectivity index (χ4v) is 3.15. The van der Waals surface area contributed by atoms with E-state index in [1.807, 2.05) is 18.2 Å². The van der Waals surface area contributed by atoms with Crippen molar-refractivity contribution in [1.82, 2.24) is 4.90 Å². The zero-order chi connectivity index (χ0) is 14.0. The number of likely N-dealkylation sites (tertiary alicyclic amines) is 1. The third-order valence-electron chi connectivity index (χ3n) is 4.37. The van der Waals surface area contributed by atoms with Crippen molar-refractivity contribution in [2.24, 2.45) is 5.92 Å². The average molecular weight is 281 g/mol. The lowest BCUT2D eigenvalue weighted by Crippen LogP contribution is -2.41. The number of alkyl halides is 2. The van der Waals surface area contributed by atoms with Crippen LogP contribution in [0.3, 0.4) is 0 Å². The Morgan fingerprint density at radius 2 is 1.95 bits per heavy atom. The lowest BCUT2D eigenvalue weighted by molar-refractivity contribution is -0.0575. The Labute approximate surface area is 118 Å². The minimum atomic E-state index is -2.45. The van der Waals surface area contributed by atoms with Gasteiger partial charge < -0.3 is 9.64 Å². The quantitative estimate of drug-likeness (QED) is 0.824. The van der Waals surface area contributed by atoms with Crippen LogP contribution in [0.1, 0.15) is 24.8 Å². The van der Waals surface area contributed by atoms with Crippen LogP contribution in [0.5, 0.6) is 5.75 Å². The highest BCUT2D eigenvalue weighted by molar-refractivity contribution is 5.34. The van der Waals surface area contributed by atoms with Crippen LogP contribution in [-0.4, -0.2) is 37.1 Å². The zero-order valence-corrected chi connectivity index (χ0v) is 11.7. The molecule has 1 fully saturated rings. The summed E-state index contributed by atoms with van der Waals surface area (Å²) in [5, 5.41) is 0. The third kappa shape index (κ3) is 3.29. The molecule has 0 bridgehead atoms. The summed E-state index contributed by atoms with van der Waals surface area (Å²) < 4.78 is 32.1. The van der Waals surface area contributed by atoms with Crippen LogP contribution < -0.4 is 4.74 Å². The first-order valence-corrected chi connectivity index (χ1v) is 7.43. The fourth-order valence-electron chi connectivity index (χ4n) is 3.15. The highest BCUT2D eigenvalue weighted by Gasteiger charge is 2.34. The second-order valence-corrected chi connectivity index (χ2v) is 5.97. The summed E-state index contributed by atoms with van der Waals surface area (Å²) in [6, 6.07) is 8.15. The van der Waals surface area contributed by atoms with Gasteiger partial charge in [0.1, 0.15) is 5.75 Å². The van der Waals surface area contributed by atoms with Crippen molar-refractivity contribution in [3.63, 3.8) is 0 Å². The van der Waals surface area contributed by atoms with Gasteiger partial charge in [0.2, 0.25) is 0 Å². The van der Waals surface area contributed by atoms with Crippen LogP contribution in [0.4, 0.5) is 8.78 Å². The Balaban J connectivity index is 1.59. The Hall–Kier alpha value is -1.16. The van der Waals surface area contributed by atoms with E-state index in [-0.39, 0.29) is 12.8 Å². The van der Waals surface area contributed by atoms with Crippen LogP contribution in [0.2, 0.25) is 0 Å². The summed E-state index contributed by atoms with van der Waals surface area (Å²) in [6.45, 7) is 2.68. The van der Waals surface area contributed by atoms with Gasteiger partial charge in [-0.1, -0.05) is 18.2 Å². The van der Waals surface area contributed by atoms with Gasteiger partial charge in [0.05, 0.1) is 6.61 Å². The number of benzene rings is 1. The van der Waals surface area contributed by atoms with Crippen LogP contribution in [-0.2, 0) is 6.42 Å². The van der Waals surface area contributed by atoms with E-state index in [0.717, 1.165) is 31.7 Å². The minimum Gasteiger partial charge on any atom is -0.493 e. The molecule has 0 unspecified atom stereocenters. The molecule has 0 saturated carbocycles. The highest BCUT2D eigenvalue weighted by Crippen LogP contribution is 2.30. The van der Waals surface area contributed by atoms with Gasteiger partial charge in [-0.25, -0.2) is 8.78 Å². The van der Waals surface area contributed by atoms with Gasteiger partial charge in [0, 0.05) is 32.5 Å². The molecule has 4 heteroatoms. The van der Waals surface area contributed by atoms with Crippen molar-refractivity contribution in [3.05, 3.63) is 29.8 Å². The molecule has 0 aromatic heterocycles. The second-order valence-electron chi connectivity index (χ2n) is 5.97. The van der Waals surface area contributed by atoms with Crippen LogP contribution in [0, 0.1) is 5.92 Å². The molecule has 2 aliphatic heterocycles. The molecular weight excluding hydrogens is 260 g/mol. The number of para-hydroxylation sites is 1. The number of nitrogens with zero attached hydrogens (tertiary/aromatic N) is 1. The molecule has 0 spiro atoms. The first-order chi connectivity index (χ1) is 9.62. The van der Waals surface area contributed by atoms with E-state index in [1.165, 1.54) is 5.56 Å². The predicted octanol–water partition coefficient (Wildman–Crippen LogP) is 3.36. The molecule has 1 atom stereocenters. The van der Waals surface area contributed by atoms with Crippen molar-refractivity contribution in [2.45, 2.75) is 31.6 Å². The molecular formula is C16H21F2NO. The maximum atomic E-state index is 13.2. The van der Waals surface area contributed by atoms with Gasteiger partial charge in [-0.2, -0.15) is 0 Å². The number of hydrogen-bond donors (Lipinski definition) is 0. The smallest absolute Gasteiger partial charge is 0.250 e. The van der Waals surface area contributed by atoms with Crippen molar-refractivity contribution in [2.75, 3.05) is 26.2 Å². The number of hydrogen-bond acceptors (Lipinski definition) is 2. The lowest BCUT2D eigenvalue weighted by Gasteiger charge is -2.33. The SMILES string of the molecule is FC1(F)CCN(C[C@H]2CCOc3ccccc3C2)CC1. The maximum absolute atomic E-state index is 13.2. The molecule has 0 radical (unpaired) electrons. The molecule has 0 N–H and O–H groups in total. The topological polar surface area (TPSA) is 12.5 Å². The van der Waals surface area contributed by atoms with Crippen LogP contribution in [0.25, 0.3) is 0 Å². The van der Waals surface area contributed by atoms with Crippen molar-refractivity contribution in [3.8, 4) is 5.75 Å². The van der Waals surface area contributed by atoms with Crippen LogP contribution >= 0.6 is 0 Å². The van der Waals surface area contributed by atoms with Gasteiger partial charge in [-0.3, -0.25) is 0 Å². The van der Waals surface area contributed by atoms with E-state index in [1.54, 1.807) is 0 Å². The number of ether oxygens (including phenoxy) is 1. The van der Waals surface area contributed by atoms with Crippen molar-refractivity contribution in [1.29, 1.82) is 0 Å². The van der Waals surface area contributed by atoms with Crippen LogP contribution in [0.15, 0.2) is 24.3 Å². The van der Waals surface area contributed by atoms with Gasteiger partial charge in [-0.05, 0) is 30.4 Å². The minimum absolute atomic E-state index is 0.00675. The van der Waals surface area contributed by atoms with E-state index >= 15 is 0 Å². The molecule has 20 heavy (non-hydrogen) atoms. The first kappa shape index (κ1) is 13.8. The third-order valence-corrected chi connectivity index (χ3v) is 4.37. The zero-order valence-electron chi connectivity index (χ0n) is 11.7. The monoisotopic (exact) mass is 281 g/mol. The molecule has 2 heterocycles. The van der Waals surface area contributed by atoms with E-state index in [9.17, 15) is 8.78 Å². The first-order valence-electron chi connectivity index (χ1n) is 7.43. The normalized spacial score (nSPS) is 26.4. The van der Waals surface area contributed by atoms with Crippen molar-refractivity contribution < 1.29 is 13.5 Å². The van der Waals surface area contributed by atoms with E-state index in [2.05, 4.69) is 11.0 Å². The molecule has 3 rings (SSSR count). The maximum Gasteiger partial charge on any atom is 0.250 e. The molecule has 2 aliphatic rings.